The molecule has 0 amide bonds. The van der Waals surface area contributed by atoms with Crippen LogP contribution in [0.5, 0.6) is 0 Å². The quantitative estimate of drug-likeness (QED) is 0.764. The van der Waals surface area contributed by atoms with Crippen LogP contribution in [0.2, 0.25) is 0 Å². The molecule has 0 saturated carbocycles. The molecule has 0 saturated heterocycles. The molecular weight excluding hydrogens is 182 g/mol. The van der Waals surface area contributed by atoms with Crippen LogP contribution in [-0.4, -0.2) is 26.9 Å². The van der Waals surface area contributed by atoms with E-state index in [-0.39, 0.29) is 0 Å². The summed E-state index contributed by atoms with van der Waals surface area (Å²) in [7, 11) is 0. The Balaban J connectivity index is 2.81. The van der Waals surface area contributed by atoms with Gasteiger partial charge >= 0.3 is 5.97 Å². The van der Waals surface area contributed by atoms with Gasteiger partial charge in [-0.2, -0.15) is 0 Å². The fourth-order valence-electron chi connectivity index (χ4n) is 1.39. The molecular formula is C10H15NO3. The maximum absolute atomic E-state index is 10.9. The van der Waals surface area contributed by atoms with E-state index >= 15 is 0 Å². The highest BCUT2D eigenvalue weighted by molar-refractivity contribution is 5.87. The van der Waals surface area contributed by atoms with Crippen molar-refractivity contribution in [2.45, 2.75) is 32.9 Å². The minimum absolute atomic E-state index is 0.311. The number of carboxylic acids is 1. The summed E-state index contributed by atoms with van der Waals surface area (Å²) in [6, 6.07) is 1.77. The van der Waals surface area contributed by atoms with Gasteiger partial charge in [0.25, 0.3) is 0 Å². The van der Waals surface area contributed by atoms with Crippen molar-refractivity contribution in [1.29, 1.82) is 0 Å². The highest BCUT2D eigenvalue weighted by atomic mass is 16.4. The van der Waals surface area contributed by atoms with Crippen molar-refractivity contribution in [3.05, 3.63) is 23.5 Å². The largest absolute Gasteiger partial charge is 0.477 e. The second-order valence-electron chi connectivity index (χ2n) is 3.48. The fraction of sp³-hybridized carbons (Fsp3) is 0.500. The molecule has 0 aliphatic rings. The van der Waals surface area contributed by atoms with Crippen LogP contribution >= 0.6 is 0 Å². The second kappa shape index (κ2) is 4.28. The molecule has 0 bridgehead atoms. The average molecular weight is 197 g/mol. The molecule has 2 N–H and O–H groups in total. The van der Waals surface area contributed by atoms with Gasteiger partial charge in [-0.05, 0) is 31.9 Å². The first-order chi connectivity index (χ1) is 6.52. The Kier molecular flexibility index (Phi) is 3.30. The lowest BCUT2D eigenvalue weighted by Gasteiger charge is -2.08. The summed E-state index contributed by atoms with van der Waals surface area (Å²) in [5.41, 5.74) is 1.06. The topological polar surface area (TPSA) is 62.5 Å². The van der Waals surface area contributed by atoms with Gasteiger partial charge in [0.05, 0.1) is 6.10 Å². The van der Waals surface area contributed by atoms with Crippen molar-refractivity contribution in [2.24, 2.45) is 0 Å². The monoisotopic (exact) mass is 197 g/mol. The number of aryl methyl sites for hydroxylation is 2. The number of carbonyl (C=O) groups is 1. The van der Waals surface area contributed by atoms with Gasteiger partial charge in [-0.1, -0.05) is 0 Å². The molecule has 4 heteroatoms. The second-order valence-corrected chi connectivity index (χ2v) is 3.48. The van der Waals surface area contributed by atoms with Crippen LogP contribution in [0.3, 0.4) is 0 Å². The third kappa shape index (κ3) is 2.35. The van der Waals surface area contributed by atoms with Crippen molar-refractivity contribution < 1.29 is 15.0 Å². The Bertz CT molecular complexity index is 328. The van der Waals surface area contributed by atoms with Gasteiger partial charge in [0.2, 0.25) is 0 Å². The van der Waals surface area contributed by atoms with E-state index in [9.17, 15) is 4.79 Å². The van der Waals surface area contributed by atoms with E-state index in [1.54, 1.807) is 30.7 Å². The highest BCUT2D eigenvalue weighted by Crippen LogP contribution is 2.11. The molecule has 1 heterocycles. The van der Waals surface area contributed by atoms with Gasteiger partial charge in [0, 0.05) is 12.7 Å². The number of aromatic carboxylic acids is 1. The lowest BCUT2D eigenvalue weighted by atomic mass is 10.2. The Morgan fingerprint density at radius 2 is 2.29 bits per heavy atom. The number of rotatable bonds is 4. The molecule has 0 fully saturated rings. The summed E-state index contributed by atoms with van der Waals surface area (Å²) >= 11 is 0. The van der Waals surface area contributed by atoms with Crippen LogP contribution in [0.15, 0.2) is 12.3 Å². The Morgan fingerprint density at radius 3 is 2.79 bits per heavy atom. The zero-order chi connectivity index (χ0) is 10.7. The van der Waals surface area contributed by atoms with Gasteiger partial charge in [-0.15, -0.1) is 0 Å². The van der Waals surface area contributed by atoms with Gasteiger partial charge < -0.3 is 14.8 Å². The number of aromatic nitrogens is 1. The normalized spacial score (nSPS) is 12.8. The summed E-state index contributed by atoms with van der Waals surface area (Å²) in [4.78, 5) is 10.9. The Morgan fingerprint density at radius 1 is 1.64 bits per heavy atom. The summed E-state index contributed by atoms with van der Waals surface area (Å²) in [5.74, 6) is -0.918. The van der Waals surface area contributed by atoms with Crippen molar-refractivity contribution in [2.75, 3.05) is 0 Å². The lowest BCUT2D eigenvalue weighted by molar-refractivity contribution is 0.0682. The van der Waals surface area contributed by atoms with Gasteiger partial charge in [0.15, 0.2) is 0 Å². The average Bonchev–Trinajstić information content (AvgIpc) is 2.43. The molecule has 1 aromatic heterocycles. The number of aliphatic hydroxyl groups is 1. The molecule has 1 atom stereocenters. The Hall–Kier alpha value is -1.29. The Labute approximate surface area is 82.8 Å². The smallest absolute Gasteiger partial charge is 0.352 e. The predicted molar refractivity (Wildman–Crippen MR) is 52.4 cm³/mol. The maximum Gasteiger partial charge on any atom is 0.352 e. The van der Waals surface area contributed by atoms with Crippen LogP contribution in [0, 0.1) is 6.92 Å². The van der Waals surface area contributed by atoms with Gasteiger partial charge in [-0.25, -0.2) is 4.79 Å². The number of aliphatic hydroxyl groups excluding tert-OH is 1. The maximum atomic E-state index is 10.9. The first-order valence-corrected chi connectivity index (χ1v) is 4.59. The van der Waals surface area contributed by atoms with Crippen LogP contribution in [-0.2, 0) is 6.54 Å². The van der Waals surface area contributed by atoms with Crippen LogP contribution < -0.4 is 0 Å². The fourth-order valence-corrected chi connectivity index (χ4v) is 1.39. The third-order valence-corrected chi connectivity index (χ3v) is 2.16. The number of nitrogens with zero attached hydrogens (tertiary/aromatic N) is 1. The van der Waals surface area contributed by atoms with Crippen molar-refractivity contribution in [3.8, 4) is 0 Å². The van der Waals surface area contributed by atoms with E-state index < -0.39 is 12.1 Å². The van der Waals surface area contributed by atoms with Crippen molar-refractivity contribution in [3.63, 3.8) is 0 Å². The molecule has 0 spiro atoms. The zero-order valence-corrected chi connectivity index (χ0v) is 8.40. The molecule has 4 nitrogen and oxygen atoms in total. The van der Waals surface area contributed by atoms with Crippen LogP contribution in [0.4, 0.5) is 0 Å². The van der Waals surface area contributed by atoms with Gasteiger partial charge in [0.1, 0.15) is 5.69 Å². The summed E-state index contributed by atoms with van der Waals surface area (Å²) in [5, 5.41) is 18.0. The molecule has 0 aliphatic heterocycles. The molecule has 1 unspecified atom stereocenters. The van der Waals surface area contributed by atoms with E-state index in [4.69, 9.17) is 10.2 Å². The van der Waals surface area contributed by atoms with E-state index in [1.807, 2.05) is 0 Å². The number of carboxylic acid groups (broad SMARTS) is 1. The van der Waals surface area contributed by atoms with E-state index in [1.165, 1.54) is 0 Å². The number of hydrogen-bond donors (Lipinski definition) is 2. The summed E-state index contributed by atoms with van der Waals surface area (Å²) in [6.07, 6.45) is 1.90. The first kappa shape index (κ1) is 10.8. The summed E-state index contributed by atoms with van der Waals surface area (Å²) in [6.45, 7) is 3.99. The molecule has 78 valence electrons. The zero-order valence-electron chi connectivity index (χ0n) is 8.40. The van der Waals surface area contributed by atoms with E-state index in [0.29, 0.717) is 18.7 Å². The number of hydrogen-bond acceptors (Lipinski definition) is 2. The molecule has 0 aliphatic carbocycles. The summed E-state index contributed by atoms with van der Waals surface area (Å²) < 4.78 is 1.66. The third-order valence-electron chi connectivity index (χ3n) is 2.16. The predicted octanol–water partition coefficient (Wildman–Crippen LogP) is 1.27. The van der Waals surface area contributed by atoms with Gasteiger partial charge in [-0.3, -0.25) is 0 Å². The van der Waals surface area contributed by atoms with Crippen molar-refractivity contribution >= 4 is 5.97 Å². The first-order valence-electron chi connectivity index (χ1n) is 4.59. The molecule has 0 aromatic carbocycles. The van der Waals surface area contributed by atoms with Crippen molar-refractivity contribution in [1.82, 2.24) is 4.57 Å². The molecule has 14 heavy (non-hydrogen) atoms. The van der Waals surface area contributed by atoms with Crippen LogP contribution in [0.25, 0.3) is 0 Å². The lowest BCUT2D eigenvalue weighted by Crippen LogP contribution is -2.12. The minimum Gasteiger partial charge on any atom is -0.477 e. The molecule has 0 radical (unpaired) electrons. The minimum atomic E-state index is -0.918. The van der Waals surface area contributed by atoms with E-state index in [0.717, 1.165) is 5.56 Å². The molecule has 1 aromatic rings. The van der Waals surface area contributed by atoms with E-state index in [2.05, 4.69) is 0 Å². The SMILES string of the molecule is Cc1ccn(CCC(C)O)c1C(=O)O. The molecule has 1 rings (SSSR count). The highest BCUT2D eigenvalue weighted by Gasteiger charge is 2.12. The standard InChI is InChI=1S/C10H15NO3/c1-7-3-5-11(6-4-8(2)12)9(7)10(13)14/h3,5,8,12H,4,6H2,1-2H3,(H,13,14). The van der Waals surface area contributed by atoms with Crippen LogP contribution in [0.1, 0.15) is 29.4 Å².